The lowest BCUT2D eigenvalue weighted by Crippen LogP contribution is -2.45. The Morgan fingerprint density at radius 1 is 1.12 bits per heavy atom. The van der Waals surface area contributed by atoms with Crippen LogP contribution in [0.5, 0.6) is 0 Å². The number of nitrogens with one attached hydrogen (secondary N) is 3. The van der Waals surface area contributed by atoms with Gasteiger partial charge in [0.1, 0.15) is 17.0 Å². The molecule has 4 aromatic rings. The van der Waals surface area contributed by atoms with Gasteiger partial charge in [-0.15, -0.1) is 10.2 Å². The molecule has 1 aliphatic heterocycles. The predicted octanol–water partition coefficient (Wildman–Crippen LogP) is 6.41. The van der Waals surface area contributed by atoms with Gasteiger partial charge in [0.2, 0.25) is 11.7 Å². The molecule has 0 aliphatic carbocycles. The van der Waals surface area contributed by atoms with E-state index in [4.69, 9.17) is 23.2 Å². The molecule has 3 N–H and O–H groups in total. The number of halogens is 4. The van der Waals surface area contributed by atoms with Crippen LogP contribution in [0.2, 0.25) is 10.0 Å². The minimum absolute atomic E-state index is 0.0142. The number of carbonyl (C=O) groups is 1. The van der Waals surface area contributed by atoms with Gasteiger partial charge in [-0.05, 0) is 65.1 Å². The largest absolute Gasteiger partial charge is 0.325 e. The Labute approximate surface area is 251 Å². The first-order valence-electron chi connectivity index (χ1n) is 13.2. The lowest BCUT2D eigenvalue weighted by Gasteiger charge is -2.37. The zero-order valence-electron chi connectivity index (χ0n) is 22.9. The summed E-state index contributed by atoms with van der Waals surface area (Å²) in [6.45, 7) is 5.92. The fourth-order valence-corrected chi connectivity index (χ4v) is 6.10. The van der Waals surface area contributed by atoms with Crippen LogP contribution in [0.15, 0.2) is 60.7 Å². The summed E-state index contributed by atoms with van der Waals surface area (Å²) < 4.78 is 31.5. The number of aromatic nitrogens is 4. The Hall–Kier alpha value is -3.91. The summed E-state index contributed by atoms with van der Waals surface area (Å²) in [6.07, 6.45) is 0.366. The first-order chi connectivity index (χ1) is 19.9. The number of anilines is 1. The van der Waals surface area contributed by atoms with Crippen LogP contribution < -0.4 is 10.6 Å². The molecule has 216 valence electrons. The first-order valence-corrected chi connectivity index (χ1v) is 13.9. The topological polar surface area (TPSA) is 119 Å². The second kappa shape index (κ2) is 11.4. The molecule has 0 radical (unpaired) electrons. The summed E-state index contributed by atoms with van der Waals surface area (Å²) in [7, 11) is 0. The maximum Gasteiger partial charge on any atom is 0.242 e. The molecule has 3 aromatic carbocycles. The van der Waals surface area contributed by atoms with Gasteiger partial charge in [-0.25, -0.2) is 8.78 Å². The normalized spacial score (nSPS) is 22.1. The van der Waals surface area contributed by atoms with Crippen molar-refractivity contribution >= 4 is 34.8 Å². The highest BCUT2D eigenvalue weighted by Crippen LogP contribution is 2.52. The molecule has 1 unspecified atom stereocenters. The van der Waals surface area contributed by atoms with Crippen LogP contribution in [-0.4, -0.2) is 38.6 Å². The molecule has 1 aliphatic rings. The van der Waals surface area contributed by atoms with Crippen LogP contribution in [0.1, 0.15) is 44.2 Å². The minimum Gasteiger partial charge on any atom is -0.325 e. The van der Waals surface area contributed by atoms with E-state index in [0.717, 1.165) is 6.07 Å². The van der Waals surface area contributed by atoms with Gasteiger partial charge in [-0.3, -0.25) is 4.79 Å². The van der Waals surface area contributed by atoms with Gasteiger partial charge in [0, 0.05) is 33.8 Å². The van der Waals surface area contributed by atoms with Crippen LogP contribution in [0.25, 0.3) is 11.4 Å². The monoisotopic (exact) mass is 609 g/mol. The van der Waals surface area contributed by atoms with E-state index in [9.17, 15) is 10.1 Å². The molecule has 1 aromatic heterocycles. The van der Waals surface area contributed by atoms with Crippen LogP contribution in [0.4, 0.5) is 14.5 Å². The molecule has 5 rings (SSSR count). The third kappa shape index (κ3) is 5.48. The molecule has 1 fully saturated rings. The second-order valence-corrected chi connectivity index (χ2v) is 12.3. The average Bonchev–Trinajstić information content (AvgIpc) is 3.57. The summed E-state index contributed by atoms with van der Waals surface area (Å²) in [4.78, 5) is 14.0. The Morgan fingerprint density at radius 3 is 2.48 bits per heavy atom. The molecular weight excluding hydrogens is 583 g/mol. The lowest BCUT2D eigenvalue weighted by molar-refractivity contribution is -0.118. The number of rotatable bonds is 6. The van der Waals surface area contributed by atoms with Gasteiger partial charge in [0.15, 0.2) is 0 Å². The number of carbonyl (C=O) groups excluding carboxylic acids is 1. The van der Waals surface area contributed by atoms with E-state index in [-0.39, 0.29) is 26.6 Å². The minimum atomic E-state index is -1.71. The van der Waals surface area contributed by atoms with Crippen molar-refractivity contribution in [2.75, 3.05) is 5.32 Å². The van der Waals surface area contributed by atoms with Gasteiger partial charge in [0.05, 0.1) is 17.1 Å². The van der Waals surface area contributed by atoms with Crippen molar-refractivity contribution in [2.45, 2.75) is 50.6 Å². The third-order valence-electron chi connectivity index (χ3n) is 7.49. The molecule has 2 heterocycles. The molecule has 0 bridgehead atoms. The summed E-state index contributed by atoms with van der Waals surface area (Å²) in [6, 6.07) is 15.6. The van der Waals surface area contributed by atoms with Crippen LogP contribution in [0.3, 0.4) is 0 Å². The number of nitriles is 1. The maximum absolute atomic E-state index is 15.8. The molecule has 1 saturated heterocycles. The zero-order valence-corrected chi connectivity index (χ0v) is 24.4. The zero-order chi connectivity index (χ0) is 30.2. The number of tetrazole rings is 1. The van der Waals surface area contributed by atoms with Gasteiger partial charge in [-0.1, -0.05) is 62.2 Å². The van der Waals surface area contributed by atoms with Crippen molar-refractivity contribution in [1.82, 2.24) is 25.9 Å². The fraction of sp³-hybridized carbons (Fsp3) is 0.300. The van der Waals surface area contributed by atoms with Crippen LogP contribution >= 0.6 is 23.2 Å². The number of H-pyrrole nitrogens is 1. The first kappa shape index (κ1) is 29.6. The van der Waals surface area contributed by atoms with Crippen molar-refractivity contribution in [3.05, 3.63) is 93.5 Å². The molecule has 0 spiro atoms. The number of amides is 1. The molecule has 12 heteroatoms. The molecule has 8 nitrogen and oxygen atoms in total. The predicted molar refractivity (Wildman–Crippen MR) is 156 cm³/mol. The van der Waals surface area contributed by atoms with Crippen LogP contribution in [-0.2, 0) is 10.2 Å². The summed E-state index contributed by atoms with van der Waals surface area (Å²) >= 11 is 12.3. The highest BCUT2D eigenvalue weighted by atomic mass is 35.5. The van der Waals surface area contributed by atoms with Gasteiger partial charge in [0.25, 0.3) is 0 Å². The Balaban J connectivity index is 1.64. The highest BCUT2D eigenvalue weighted by Gasteiger charge is 2.61. The van der Waals surface area contributed by atoms with E-state index in [2.05, 4.69) is 37.3 Å². The molecule has 1 amide bonds. The summed E-state index contributed by atoms with van der Waals surface area (Å²) in [5.74, 6) is -2.82. The number of hydrogen-bond donors (Lipinski definition) is 3. The molecule has 4 atom stereocenters. The Morgan fingerprint density at radius 2 is 1.86 bits per heavy atom. The SMILES string of the molecule is CC(C)(C)C[C@H]1N[C@H](C(=O)Nc2ccc(-c3nn[nH]n3)cc2)[C@@H](c2cccc(Cl)c2F)C1(C#N)c1ccc(Cl)cc1F. The van der Waals surface area contributed by atoms with Crippen molar-refractivity contribution in [2.24, 2.45) is 5.41 Å². The van der Waals surface area contributed by atoms with E-state index in [1.54, 1.807) is 30.3 Å². The van der Waals surface area contributed by atoms with Crippen molar-refractivity contribution in [3.63, 3.8) is 0 Å². The number of nitrogens with zero attached hydrogens (tertiary/aromatic N) is 4. The summed E-state index contributed by atoms with van der Waals surface area (Å²) in [5, 5.41) is 30.9. The van der Waals surface area contributed by atoms with E-state index in [0.29, 0.717) is 23.5 Å². The highest BCUT2D eigenvalue weighted by molar-refractivity contribution is 6.31. The Kier molecular flexibility index (Phi) is 8.03. The Bertz CT molecular complexity index is 1650. The van der Waals surface area contributed by atoms with E-state index in [1.165, 1.54) is 24.3 Å². The van der Waals surface area contributed by atoms with Crippen molar-refractivity contribution in [1.29, 1.82) is 5.26 Å². The standard InChI is InChI=1S/C30H27Cl2F2N7O/c1-29(2,3)14-23-30(15-35,20-12-9-17(31)13-22(20)33)24(19-5-4-6-21(32)25(19)34)26(37-23)28(42)36-18-10-7-16(8-11-18)27-38-40-41-39-27/h4-13,23-24,26,37H,14H2,1-3H3,(H,36,42)(H,38,39,40,41)/t23-,24-,26+,30?/m1/s1. The van der Waals surface area contributed by atoms with E-state index >= 15 is 8.78 Å². The maximum atomic E-state index is 15.8. The van der Waals surface area contributed by atoms with Gasteiger partial charge >= 0.3 is 0 Å². The van der Waals surface area contributed by atoms with E-state index in [1.807, 2.05) is 20.8 Å². The smallest absolute Gasteiger partial charge is 0.242 e. The summed E-state index contributed by atoms with van der Waals surface area (Å²) in [5.41, 5.74) is -0.908. The van der Waals surface area contributed by atoms with Crippen LogP contribution in [0, 0.1) is 28.4 Å². The van der Waals surface area contributed by atoms with Gasteiger partial charge < -0.3 is 10.6 Å². The molecule has 42 heavy (non-hydrogen) atoms. The number of hydrogen-bond acceptors (Lipinski definition) is 6. The van der Waals surface area contributed by atoms with Crippen molar-refractivity contribution in [3.8, 4) is 17.5 Å². The van der Waals surface area contributed by atoms with Crippen molar-refractivity contribution < 1.29 is 13.6 Å². The average molecular weight is 610 g/mol. The fourth-order valence-electron chi connectivity index (χ4n) is 5.76. The lowest BCUT2D eigenvalue weighted by atomic mass is 9.62. The number of aromatic amines is 1. The third-order valence-corrected chi connectivity index (χ3v) is 8.01. The van der Waals surface area contributed by atoms with Gasteiger partial charge in [-0.2, -0.15) is 10.5 Å². The second-order valence-electron chi connectivity index (χ2n) is 11.5. The number of benzene rings is 3. The quantitative estimate of drug-likeness (QED) is 0.232. The van der Waals surface area contributed by atoms with E-state index < -0.39 is 41.0 Å². The molecule has 0 saturated carbocycles. The molecular formula is C30H27Cl2F2N7O.